The Bertz CT molecular complexity index is 1020. The van der Waals surface area contributed by atoms with Gasteiger partial charge in [-0.1, -0.05) is 48.0 Å². The van der Waals surface area contributed by atoms with Crippen LogP contribution in [0.15, 0.2) is 79.1 Å². The molecule has 0 saturated carbocycles. The number of nitrogens with zero attached hydrogens (tertiary/aromatic N) is 3. The highest BCUT2D eigenvalue weighted by molar-refractivity contribution is 6.30. The van der Waals surface area contributed by atoms with Crippen molar-refractivity contribution in [2.45, 2.75) is 31.8 Å². The Hall–Kier alpha value is -2.89. The smallest absolute Gasteiger partial charge is 0.260 e. The third-order valence-corrected chi connectivity index (χ3v) is 6.87. The lowest BCUT2D eigenvalue weighted by Gasteiger charge is -2.40. The molecule has 4 rings (SSSR count). The Morgan fingerprint density at radius 2 is 1.76 bits per heavy atom. The number of pyridine rings is 1. The Morgan fingerprint density at radius 3 is 2.44 bits per heavy atom. The second-order valence-corrected chi connectivity index (χ2v) is 9.43. The maximum atomic E-state index is 12.7. The Morgan fingerprint density at radius 1 is 1.06 bits per heavy atom. The van der Waals surface area contributed by atoms with Crippen molar-refractivity contribution < 1.29 is 9.53 Å². The predicted molar refractivity (Wildman–Crippen MR) is 136 cm³/mol. The molecule has 1 aromatic heterocycles. The summed E-state index contributed by atoms with van der Waals surface area (Å²) in [7, 11) is 2.21. The van der Waals surface area contributed by atoms with Crippen molar-refractivity contribution in [2.75, 3.05) is 26.7 Å². The highest BCUT2D eigenvalue weighted by atomic mass is 35.5. The SMILES string of the molecule is CN(Cc1cccnc1)[C@H](Cc1ccccc1)C1CCN(C(=O)COc2ccc(Cl)cc2)CC1. The molecule has 0 N–H and O–H groups in total. The van der Waals surface area contributed by atoms with Crippen LogP contribution in [0.2, 0.25) is 5.02 Å². The molecule has 0 spiro atoms. The van der Waals surface area contributed by atoms with E-state index in [-0.39, 0.29) is 12.5 Å². The predicted octanol–water partition coefficient (Wildman–Crippen LogP) is 5.10. The standard InChI is InChI=1S/C28H32ClN3O2/c1-31(20-23-8-5-15-30-19-23)27(18-22-6-3-2-4-7-22)24-13-16-32(17-14-24)28(33)21-34-26-11-9-25(29)10-12-26/h2-12,15,19,24,27H,13-14,16-18,20-21H2,1H3/t27-/m1/s1. The first-order valence-electron chi connectivity index (χ1n) is 11.9. The van der Waals surface area contributed by atoms with Gasteiger partial charge in [0.05, 0.1) is 0 Å². The van der Waals surface area contributed by atoms with Crippen molar-refractivity contribution in [1.29, 1.82) is 0 Å². The van der Waals surface area contributed by atoms with Crippen molar-refractivity contribution >= 4 is 17.5 Å². The number of piperidine rings is 1. The normalized spacial score (nSPS) is 15.3. The minimum absolute atomic E-state index is 0.0386. The monoisotopic (exact) mass is 477 g/mol. The summed E-state index contributed by atoms with van der Waals surface area (Å²) in [6, 6.07) is 22.3. The van der Waals surface area contributed by atoms with Crippen LogP contribution in [0.3, 0.4) is 0 Å². The molecule has 2 aromatic carbocycles. The van der Waals surface area contributed by atoms with E-state index in [2.05, 4.69) is 53.3 Å². The first-order valence-corrected chi connectivity index (χ1v) is 12.3. The zero-order valence-electron chi connectivity index (χ0n) is 19.6. The molecule has 6 heteroatoms. The quantitative estimate of drug-likeness (QED) is 0.430. The van der Waals surface area contributed by atoms with Crippen LogP contribution >= 0.6 is 11.6 Å². The van der Waals surface area contributed by atoms with E-state index in [0.717, 1.165) is 38.9 Å². The maximum absolute atomic E-state index is 12.7. The average Bonchev–Trinajstić information content (AvgIpc) is 2.88. The molecule has 0 aliphatic carbocycles. The molecule has 1 aliphatic rings. The summed E-state index contributed by atoms with van der Waals surface area (Å²) in [6.07, 6.45) is 6.73. The number of amides is 1. The molecule has 3 aromatic rings. The van der Waals surface area contributed by atoms with Gasteiger partial charge in [0, 0.05) is 43.1 Å². The second-order valence-electron chi connectivity index (χ2n) is 8.99. The lowest BCUT2D eigenvalue weighted by molar-refractivity contribution is -0.135. The van der Waals surface area contributed by atoms with Crippen molar-refractivity contribution in [3.8, 4) is 5.75 Å². The Labute approximate surface area is 207 Å². The van der Waals surface area contributed by atoms with Crippen LogP contribution in [-0.4, -0.2) is 53.5 Å². The van der Waals surface area contributed by atoms with Gasteiger partial charge in [-0.3, -0.25) is 14.7 Å². The van der Waals surface area contributed by atoms with Gasteiger partial charge in [0.1, 0.15) is 5.75 Å². The molecular formula is C28H32ClN3O2. The van der Waals surface area contributed by atoms with Crippen LogP contribution in [0.1, 0.15) is 24.0 Å². The summed E-state index contributed by atoms with van der Waals surface area (Å²) < 4.78 is 5.67. The number of likely N-dealkylation sites (tertiary alicyclic amines) is 1. The zero-order valence-corrected chi connectivity index (χ0v) is 20.4. The van der Waals surface area contributed by atoms with E-state index in [9.17, 15) is 4.79 Å². The molecule has 2 heterocycles. The number of rotatable bonds is 9. The van der Waals surface area contributed by atoms with E-state index in [4.69, 9.17) is 16.3 Å². The first kappa shape index (κ1) is 24.2. The first-order chi connectivity index (χ1) is 16.6. The molecule has 178 valence electrons. The van der Waals surface area contributed by atoms with Gasteiger partial charge in [0.25, 0.3) is 5.91 Å². The fourth-order valence-electron chi connectivity index (χ4n) is 4.74. The highest BCUT2D eigenvalue weighted by Gasteiger charge is 2.31. The van der Waals surface area contributed by atoms with Gasteiger partial charge in [-0.15, -0.1) is 0 Å². The Balaban J connectivity index is 1.35. The van der Waals surface area contributed by atoms with E-state index in [1.54, 1.807) is 24.3 Å². The minimum Gasteiger partial charge on any atom is -0.484 e. The number of ether oxygens (including phenoxy) is 1. The highest BCUT2D eigenvalue weighted by Crippen LogP contribution is 2.27. The van der Waals surface area contributed by atoms with Gasteiger partial charge in [0.2, 0.25) is 0 Å². The summed E-state index contributed by atoms with van der Waals surface area (Å²) in [6.45, 7) is 2.44. The molecule has 1 atom stereocenters. The largest absolute Gasteiger partial charge is 0.484 e. The number of aromatic nitrogens is 1. The molecule has 5 nitrogen and oxygen atoms in total. The second kappa shape index (κ2) is 12.0. The number of hydrogen-bond donors (Lipinski definition) is 0. The number of carbonyl (C=O) groups excluding carboxylic acids is 1. The van der Waals surface area contributed by atoms with Crippen LogP contribution in [0.4, 0.5) is 0 Å². The van der Waals surface area contributed by atoms with Crippen molar-refractivity contribution in [3.05, 3.63) is 95.3 Å². The summed E-state index contributed by atoms with van der Waals surface area (Å²) in [4.78, 5) is 21.4. The maximum Gasteiger partial charge on any atom is 0.260 e. The minimum atomic E-state index is 0.0386. The summed E-state index contributed by atoms with van der Waals surface area (Å²) in [5.41, 5.74) is 2.57. The molecule has 34 heavy (non-hydrogen) atoms. The number of carbonyl (C=O) groups is 1. The molecule has 1 aliphatic heterocycles. The average molecular weight is 478 g/mol. The lowest BCUT2D eigenvalue weighted by atomic mass is 9.85. The van der Waals surface area contributed by atoms with E-state index >= 15 is 0 Å². The van der Waals surface area contributed by atoms with E-state index in [0.29, 0.717) is 22.7 Å². The number of halogens is 1. The molecule has 0 bridgehead atoms. The molecule has 1 saturated heterocycles. The van der Waals surface area contributed by atoms with Gasteiger partial charge >= 0.3 is 0 Å². The van der Waals surface area contributed by atoms with Gasteiger partial charge in [-0.25, -0.2) is 0 Å². The number of likely N-dealkylation sites (N-methyl/N-ethyl adjacent to an activating group) is 1. The van der Waals surface area contributed by atoms with E-state index in [1.807, 2.05) is 23.4 Å². The molecule has 1 fully saturated rings. The van der Waals surface area contributed by atoms with E-state index in [1.165, 1.54) is 11.1 Å². The van der Waals surface area contributed by atoms with Crippen LogP contribution in [0.25, 0.3) is 0 Å². The molecule has 0 radical (unpaired) electrons. The summed E-state index contributed by atoms with van der Waals surface area (Å²) in [5.74, 6) is 1.22. The zero-order chi connectivity index (χ0) is 23.8. The molecule has 1 amide bonds. The fourth-order valence-corrected chi connectivity index (χ4v) is 4.86. The Kier molecular flexibility index (Phi) is 8.56. The van der Waals surface area contributed by atoms with Crippen LogP contribution < -0.4 is 4.74 Å². The van der Waals surface area contributed by atoms with E-state index < -0.39 is 0 Å². The van der Waals surface area contributed by atoms with Gasteiger partial charge < -0.3 is 9.64 Å². The summed E-state index contributed by atoms with van der Waals surface area (Å²) >= 11 is 5.92. The van der Waals surface area contributed by atoms with Gasteiger partial charge in [-0.2, -0.15) is 0 Å². The number of hydrogen-bond acceptors (Lipinski definition) is 4. The molecular weight excluding hydrogens is 446 g/mol. The van der Waals surface area contributed by atoms with Crippen LogP contribution in [0.5, 0.6) is 5.75 Å². The lowest BCUT2D eigenvalue weighted by Crippen LogP contribution is -2.47. The number of benzene rings is 2. The fraction of sp³-hybridized carbons (Fsp3) is 0.357. The van der Waals surface area contributed by atoms with Crippen molar-refractivity contribution in [1.82, 2.24) is 14.8 Å². The van der Waals surface area contributed by atoms with Crippen molar-refractivity contribution in [2.24, 2.45) is 5.92 Å². The van der Waals surface area contributed by atoms with Crippen LogP contribution in [0, 0.1) is 5.92 Å². The van der Waals surface area contributed by atoms with Crippen LogP contribution in [-0.2, 0) is 17.8 Å². The third-order valence-electron chi connectivity index (χ3n) is 6.62. The molecule has 0 unspecified atom stereocenters. The van der Waals surface area contributed by atoms with Gasteiger partial charge in [-0.05, 0) is 73.7 Å². The van der Waals surface area contributed by atoms with Crippen molar-refractivity contribution in [3.63, 3.8) is 0 Å². The van der Waals surface area contributed by atoms with Gasteiger partial charge in [0.15, 0.2) is 6.61 Å². The summed E-state index contributed by atoms with van der Waals surface area (Å²) in [5, 5.41) is 0.652. The topological polar surface area (TPSA) is 45.7 Å². The third kappa shape index (κ3) is 6.81.